The Hall–Kier alpha value is -1.44. The summed E-state index contributed by atoms with van der Waals surface area (Å²) in [6, 6.07) is 11.8. The van der Waals surface area contributed by atoms with Crippen LogP contribution in [0.4, 0.5) is 0 Å². The first-order valence-electron chi connectivity index (χ1n) is 6.44. The lowest BCUT2D eigenvalue weighted by atomic mass is 10.1. The molecule has 0 amide bonds. The molecule has 2 rings (SSSR count). The number of hydrogen-bond acceptors (Lipinski definition) is 1. The zero-order valence-corrected chi connectivity index (χ0v) is 13.0. The summed E-state index contributed by atoms with van der Waals surface area (Å²) in [6.45, 7) is 2.06. The minimum absolute atomic E-state index is 0.598. The smallest absolute Gasteiger partial charge is 0.118 e. The molecule has 0 aliphatic heterocycles. The molecule has 0 heterocycles. The van der Waals surface area contributed by atoms with Gasteiger partial charge in [-0.2, -0.15) is 0 Å². The molecule has 0 saturated heterocycles. The van der Waals surface area contributed by atoms with Crippen molar-refractivity contribution in [2.24, 2.45) is 0 Å². The van der Waals surface area contributed by atoms with Crippen LogP contribution in [-0.4, -0.2) is 7.11 Å². The Bertz CT molecular complexity index is 616. The van der Waals surface area contributed by atoms with Gasteiger partial charge in [0.05, 0.1) is 17.2 Å². The van der Waals surface area contributed by atoms with Gasteiger partial charge in [0.1, 0.15) is 5.75 Å². The fourth-order valence-electron chi connectivity index (χ4n) is 1.93. The van der Waals surface area contributed by atoms with Gasteiger partial charge in [0.15, 0.2) is 0 Å². The van der Waals surface area contributed by atoms with E-state index in [1.807, 2.05) is 42.5 Å². The van der Waals surface area contributed by atoms with Crippen LogP contribution in [0, 0.1) is 0 Å². The van der Waals surface area contributed by atoms with Crippen molar-refractivity contribution >= 4 is 35.4 Å². The van der Waals surface area contributed by atoms with Crippen LogP contribution in [-0.2, 0) is 6.42 Å². The highest BCUT2D eigenvalue weighted by molar-refractivity contribution is 6.42. The van der Waals surface area contributed by atoms with Gasteiger partial charge in [-0.15, -0.1) is 0 Å². The van der Waals surface area contributed by atoms with Crippen molar-refractivity contribution in [3.8, 4) is 5.75 Å². The van der Waals surface area contributed by atoms with Crippen LogP contribution in [0.15, 0.2) is 36.4 Å². The Kier molecular flexibility index (Phi) is 5.11. The van der Waals surface area contributed by atoms with Crippen molar-refractivity contribution in [1.29, 1.82) is 0 Å². The maximum atomic E-state index is 6.15. The molecule has 0 aliphatic carbocycles. The Balaban J connectivity index is 2.24. The van der Waals surface area contributed by atoms with Crippen LogP contribution < -0.4 is 4.74 Å². The first-order valence-corrected chi connectivity index (χ1v) is 7.19. The van der Waals surface area contributed by atoms with Crippen LogP contribution in [0.5, 0.6) is 5.75 Å². The van der Waals surface area contributed by atoms with Crippen molar-refractivity contribution in [1.82, 2.24) is 0 Å². The maximum absolute atomic E-state index is 6.15. The molecular formula is C17H16Cl2O. The molecule has 2 aromatic rings. The summed E-state index contributed by atoms with van der Waals surface area (Å²) >= 11 is 12.3. The number of ether oxygens (including phenoxy) is 1. The largest absolute Gasteiger partial charge is 0.497 e. The zero-order chi connectivity index (χ0) is 14.5. The normalized spacial score (nSPS) is 11.0. The summed E-state index contributed by atoms with van der Waals surface area (Å²) < 4.78 is 5.13. The van der Waals surface area contributed by atoms with Gasteiger partial charge in [-0.1, -0.05) is 60.5 Å². The van der Waals surface area contributed by atoms with Gasteiger partial charge < -0.3 is 4.74 Å². The van der Waals surface area contributed by atoms with Crippen LogP contribution in [0.25, 0.3) is 12.2 Å². The first kappa shape index (κ1) is 15.0. The van der Waals surface area contributed by atoms with Crippen LogP contribution in [0.2, 0.25) is 10.0 Å². The molecule has 0 unspecified atom stereocenters. The second-order valence-corrected chi connectivity index (χ2v) is 5.22. The zero-order valence-electron chi connectivity index (χ0n) is 11.5. The molecule has 20 heavy (non-hydrogen) atoms. The van der Waals surface area contributed by atoms with E-state index in [2.05, 4.69) is 13.0 Å². The third-order valence-electron chi connectivity index (χ3n) is 3.09. The minimum atomic E-state index is 0.598. The molecule has 3 heteroatoms. The highest BCUT2D eigenvalue weighted by Crippen LogP contribution is 2.28. The molecule has 0 aliphatic rings. The van der Waals surface area contributed by atoms with Gasteiger partial charge in [0.2, 0.25) is 0 Å². The molecule has 0 atom stereocenters. The summed E-state index contributed by atoms with van der Waals surface area (Å²) in [6.07, 6.45) is 4.93. The van der Waals surface area contributed by atoms with Gasteiger partial charge >= 0.3 is 0 Å². The Morgan fingerprint density at radius 1 is 1.00 bits per heavy atom. The molecule has 104 valence electrons. The van der Waals surface area contributed by atoms with E-state index >= 15 is 0 Å². The SMILES string of the molecule is CCc1cc(/C=C/c2ccc(OC)cc2)cc(Cl)c1Cl. The molecule has 0 radical (unpaired) electrons. The Morgan fingerprint density at radius 2 is 1.65 bits per heavy atom. The number of methoxy groups -OCH3 is 1. The topological polar surface area (TPSA) is 9.23 Å². The highest BCUT2D eigenvalue weighted by Gasteiger charge is 2.04. The monoisotopic (exact) mass is 306 g/mol. The van der Waals surface area contributed by atoms with Crippen molar-refractivity contribution in [3.05, 3.63) is 63.1 Å². The van der Waals surface area contributed by atoms with Crippen LogP contribution in [0.1, 0.15) is 23.6 Å². The third-order valence-corrected chi connectivity index (χ3v) is 3.93. The highest BCUT2D eigenvalue weighted by atomic mass is 35.5. The quantitative estimate of drug-likeness (QED) is 0.655. The van der Waals surface area contributed by atoms with Gasteiger partial charge in [-0.05, 0) is 41.3 Å². The molecule has 0 bridgehead atoms. The van der Waals surface area contributed by atoms with E-state index in [0.717, 1.165) is 28.9 Å². The molecule has 0 saturated carbocycles. The average molecular weight is 307 g/mol. The fourth-order valence-corrected chi connectivity index (χ4v) is 2.42. The van der Waals surface area contributed by atoms with Gasteiger partial charge in [-0.25, -0.2) is 0 Å². The van der Waals surface area contributed by atoms with Gasteiger partial charge in [0, 0.05) is 0 Å². The maximum Gasteiger partial charge on any atom is 0.118 e. The third kappa shape index (κ3) is 3.56. The molecule has 1 nitrogen and oxygen atoms in total. The van der Waals surface area contributed by atoms with Gasteiger partial charge in [-0.3, -0.25) is 0 Å². The Labute approximate surface area is 129 Å². The summed E-state index contributed by atoms with van der Waals surface area (Å²) in [4.78, 5) is 0. The number of halogens is 2. The number of benzene rings is 2. The molecule has 0 spiro atoms. The standard InChI is InChI=1S/C17H16Cl2O/c1-3-14-10-13(11-16(18)17(14)19)5-4-12-6-8-15(20-2)9-7-12/h4-11H,3H2,1-2H3/b5-4+. The van der Waals surface area contributed by atoms with Crippen molar-refractivity contribution < 1.29 is 4.74 Å². The summed E-state index contributed by atoms with van der Waals surface area (Å²) in [7, 11) is 1.66. The van der Waals surface area contributed by atoms with Crippen molar-refractivity contribution in [2.75, 3.05) is 7.11 Å². The lowest BCUT2D eigenvalue weighted by Gasteiger charge is -2.05. The van der Waals surface area contributed by atoms with Crippen molar-refractivity contribution in [3.63, 3.8) is 0 Å². The molecule has 2 aromatic carbocycles. The number of aryl methyl sites for hydroxylation is 1. The second kappa shape index (κ2) is 6.83. The molecular weight excluding hydrogens is 291 g/mol. The van der Waals surface area contributed by atoms with Gasteiger partial charge in [0.25, 0.3) is 0 Å². The van der Waals surface area contributed by atoms with E-state index in [1.54, 1.807) is 7.11 Å². The van der Waals surface area contributed by atoms with Crippen LogP contribution >= 0.6 is 23.2 Å². The Morgan fingerprint density at radius 3 is 2.25 bits per heavy atom. The molecule has 0 N–H and O–H groups in total. The lowest BCUT2D eigenvalue weighted by Crippen LogP contribution is -1.85. The first-order chi connectivity index (χ1) is 9.63. The van der Waals surface area contributed by atoms with E-state index in [4.69, 9.17) is 27.9 Å². The molecule has 0 fully saturated rings. The predicted molar refractivity (Wildman–Crippen MR) is 87.8 cm³/mol. The van der Waals surface area contributed by atoms with Crippen LogP contribution in [0.3, 0.4) is 0 Å². The van der Waals surface area contributed by atoms with E-state index in [1.165, 1.54) is 0 Å². The second-order valence-electron chi connectivity index (χ2n) is 4.44. The molecule has 0 aromatic heterocycles. The number of hydrogen-bond donors (Lipinski definition) is 0. The average Bonchev–Trinajstić information content (AvgIpc) is 2.48. The summed E-state index contributed by atoms with van der Waals surface area (Å²) in [5.74, 6) is 0.852. The van der Waals surface area contributed by atoms with E-state index < -0.39 is 0 Å². The fraction of sp³-hybridized carbons (Fsp3) is 0.176. The lowest BCUT2D eigenvalue weighted by molar-refractivity contribution is 0.415. The summed E-state index contributed by atoms with van der Waals surface area (Å²) in [5, 5.41) is 1.25. The van der Waals surface area contributed by atoms with E-state index in [9.17, 15) is 0 Å². The van der Waals surface area contributed by atoms with E-state index in [0.29, 0.717) is 10.0 Å². The minimum Gasteiger partial charge on any atom is -0.497 e. The summed E-state index contributed by atoms with van der Waals surface area (Å²) in [5.41, 5.74) is 3.22. The van der Waals surface area contributed by atoms with E-state index in [-0.39, 0.29) is 0 Å². The predicted octanol–water partition coefficient (Wildman–Crippen LogP) is 5.73. The number of rotatable bonds is 4. The van der Waals surface area contributed by atoms with Crippen molar-refractivity contribution in [2.45, 2.75) is 13.3 Å².